The molecule has 2 aromatic carbocycles. The van der Waals surface area contributed by atoms with Gasteiger partial charge in [0.05, 0.1) is 0 Å². The molecular weight excluding hydrogens is 304 g/mol. The van der Waals surface area contributed by atoms with E-state index in [0.717, 1.165) is 11.1 Å². The minimum Gasteiger partial charge on any atom is -0.481 e. The summed E-state index contributed by atoms with van der Waals surface area (Å²) in [4.78, 5) is 16.5. The van der Waals surface area contributed by atoms with E-state index in [9.17, 15) is 4.79 Å². The summed E-state index contributed by atoms with van der Waals surface area (Å²) >= 11 is 0. The smallest absolute Gasteiger partial charge is 0.267 e. The summed E-state index contributed by atoms with van der Waals surface area (Å²) in [5.41, 5.74) is 2.02. The van der Waals surface area contributed by atoms with Gasteiger partial charge in [0.1, 0.15) is 5.75 Å². The zero-order valence-corrected chi connectivity index (χ0v) is 13.5. The van der Waals surface area contributed by atoms with Gasteiger partial charge in [-0.2, -0.15) is 4.98 Å². The van der Waals surface area contributed by atoms with Gasteiger partial charge in [0.2, 0.25) is 5.95 Å². The van der Waals surface area contributed by atoms with Crippen LogP contribution in [0.1, 0.15) is 12.5 Å². The summed E-state index contributed by atoms with van der Waals surface area (Å²) in [6, 6.07) is 17.0. The lowest BCUT2D eigenvalue weighted by Gasteiger charge is -2.13. The average molecular weight is 322 g/mol. The van der Waals surface area contributed by atoms with E-state index < -0.39 is 6.10 Å². The third-order valence-corrected chi connectivity index (χ3v) is 3.55. The highest BCUT2D eigenvalue weighted by Gasteiger charge is 2.17. The predicted octanol–water partition coefficient (Wildman–Crippen LogP) is 3.19. The van der Waals surface area contributed by atoms with Crippen LogP contribution in [0.4, 0.5) is 5.95 Å². The Morgan fingerprint density at radius 1 is 1.12 bits per heavy atom. The minimum atomic E-state index is -0.659. The first-order valence-electron chi connectivity index (χ1n) is 7.64. The predicted molar refractivity (Wildman–Crippen MR) is 91.7 cm³/mol. The van der Waals surface area contributed by atoms with Crippen molar-refractivity contribution in [3.8, 4) is 17.1 Å². The molecule has 122 valence electrons. The first-order chi connectivity index (χ1) is 11.6. The van der Waals surface area contributed by atoms with Crippen LogP contribution in [-0.2, 0) is 4.79 Å². The molecule has 1 heterocycles. The largest absolute Gasteiger partial charge is 0.481 e. The van der Waals surface area contributed by atoms with Gasteiger partial charge in [0, 0.05) is 5.56 Å². The number of hydrogen-bond acceptors (Lipinski definition) is 4. The van der Waals surface area contributed by atoms with Crippen LogP contribution in [0.3, 0.4) is 0 Å². The molecule has 3 rings (SSSR count). The van der Waals surface area contributed by atoms with E-state index >= 15 is 0 Å². The molecule has 0 aliphatic rings. The number of amides is 1. The van der Waals surface area contributed by atoms with Crippen molar-refractivity contribution in [1.29, 1.82) is 0 Å². The molecule has 2 N–H and O–H groups in total. The van der Waals surface area contributed by atoms with Crippen molar-refractivity contribution in [2.45, 2.75) is 20.0 Å². The summed E-state index contributed by atoms with van der Waals surface area (Å²) < 4.78 is 5.58. The summed E-state index contributed by atoms with van der Waals surface area (Å²) in [7, 11) is 0. The lowest BCUT2D eigenvalue weighted by Crippen LogP contribution is -2.30. The lowest BCUT2D eigenvalue weighted by molar-refractivity contribution is -0.122. The summed E-state index contributed by atoms with van der Waals surface area (Å²) in [5.74, 6) is 1.16. The Balaban J connectivity index is 1.66. The van der Waals surface area contributed by atoms with Crippen molar-refractivity contribution in [1.82, 2.24) is 15.2 Å². The van der Waals surface area contributed by atoms with Gasteiger partial charge in [0.15, 0.2) is 11.9 Å². The van der Waals surface area contributed by atoms with Gasteiger partial charge < -0.3 is 4.74 Å². The zero-order valence-electron chi connectivity index (χ0n) is 13.5. The molecule has 0 fully saturated rings. The second-order valence-corrected chi connectivity index (χ2v) is 5.38. The van der Waals surface area contributed by atoms with Gasteiger partial charge in [-0.25, -0.2) is 0 Å². The van der Waals surface area contributed by atoms with Crippen molar-refractivity contribution in [3.63, 3.8) is 0 Å². The SMILES string of the molecule is Cc1ccccc1-c1nc(NC(=O)C(C)Oc2ccccc2)n[nH]1. The van der Waals surface area contributed by atoms with Gasteiger partial charge in [-0.3, -0.25) is 15.2 Å². The molecule has 0 spiro atoms. The number of nitrogens with zero attached hydrogens (tertiary/aromatic N) is 2. The number of aromatic amines is 1. The average Bonchev–Trinajstić information content (AvgIpc) is 3.04. The highest BCUT2D eigenvalue weighted by molar-refractivity contribution is 5.92. The standard InChI is InChI=1S/C18H18N4O2/c1-12-8-6-7-11-15(12)16-19-18(22-21-16)20-17(23)13(2)24-14-9-4-3-5-10-14/h3-11,13H,1-2H3,(H2,19,20,21,22,23). The van der Waals surface area contributed by atoms with Crippen molar-refractivity contribution >= 4 is 11.9 Å². The third-order valence-electron chi connectivity index (χ3n) is 3.55. The van der Waals surface area contributed by atoms with Gasteiger partial charge in [-0.15, -0.1) is 5.10 Å². The molecule has 1 atom stereocenters. The fraction of sp³-hybridized carbons (Fsp3) is 0.167. The van der Waals surface area contributed by atoms with Crippen molar-refractivity contribution in [2.75, 3.05) is 5.32 Å². The van der Waals surface area contributed by atoms with E-state index in [1.165, 1.54) is 0 Å². The second kappa shape index (κ2) is 6.95. The quantitative estimate of drug-likeness (QED) is 0.756. The first-order valence-corrected chi connectivity index (χ1v) is 7.64. The Morgan fingerprint density at radius 2 is 1.83 bits per heavy atom. The Bertz CT molecular complexity index is 830. The van der Waals surface area contributed by atoms with E-state index in [0.29, 0.717) is 11.6 Å². The van der Waals surface area contributed by atoms with Crippen LogP contribution in [0.25, 0.3) is 11.4 Å². The number of para-hydroxylation sites is 1. The maximum Gasteiger partial charge on any atom is 0.267 e. The minimum absolute atomic E-state index is 0.224. The Morgan fingerprint density at radius 3 is 2.58 bits per heavy atom. The van der Waals surface area contributed by atoms with Crippen LogP contribution in [0, 0.1) is 6.92 Å². The van der Waals surface area contributed by atoms with Crippen LogP contribution in [-0.4, -0.2) is 27.2 Å². The molecule has 1 unspecified atom stereocenters. The fourth-order valence-corrected chi connectivity index (χ4v) is 2.25. The highest BCUT2D eigenvalue weighted by atomic mass is 16.5. The number of hydrogen-bond donors (Lipinski definition) is 2. The molecule has 6 nitrogen and oxygen atoms in total. The van der Waals surface area contributed by atoms with E-state index in [-0.39, 0.29) is 11.9 Å². The summed E-state index contributed by atoms with van der Waals surface area (Å²) in [6.07, 6.45) is -0.659. The number of nitrogens with one attached hydrogen (secondary N) is 2. The Kier molecular flexibility index (Phi) is 4.56. The van der Waals surface area contributed by atoms with Gasteiger partial charge >= 0.3 is 0 Å². The Hall–Kier alpha value is -3.15. The van der Waals surface area contributed by atoms with Gasteiger partial charge in [-0.1, -0.05) is 42.5 Å². The molecule has 0 aliphatic heterocycles. The highest BCUT2D eigenvalue weighted by Crippen LogP contribution is 2.20. The van der Waals surface area contributed by atoms with Crippen molar-refractivity contribution < 1.29 is 9.53 Å². The van der Waals surface area contributed by atoms with Crippen LogP contribution in [0.5, 0.6) is 5.75 Å². The van der Waals surface area contributed by atoms with Gasteiger partial charge in [0.25, 0.3) is 5.91 Å². The summed E-state index contributed by atoms with van der Waals surface area (Å²) in [6.45, 7) is 3.67. The third kappa shape index (κ3) is 3.60. The van der Waals surface area contributed by atoms with E-state index in [2.05, 4.69) is 20.5 Å². The molecule has 1 aromatic heterocycles. The van der Waals surface area contributed by atoms with Crippen LogP contribution >= 0.6 is 0 Å². The number of carbonyl (C=O) groups excluding carboxylic acids is 1. The van der Waals surface area contributed by atoms with Crippen molar-refractivity contribution in [2.24, 2.45) is 0 Å². The number of carbonyl (C=O) groups is 1. The number of aromatic nitrogens is 3. The number of ether oxygens (including phenoxy) is 1. The maximum atomic E-state index is 12.2. The molecule has 1 amide bonds. The van der Waals surface area contributed by atoms with Crippen LogP contribution in [0.15, 0.2) is 54.6 Å². The van der Waals surface area contributed by atoms with Crippen LogP contribution in [0.2, 0.25) is 0 Å². The molecule has 3 aromatic rings. The van der Waals surface area contributed by atoms with Crippen LogP contribution < -0.4 is 10.1 Å². The molecule has 0 radical (unpaired) electrons. The number of anilines is 1. The molecule has 6 heteroatoms. The molecule has 0 saturated heterocycles. The number of H-pyrrole nitrogens is 1. The first kappa shape index (κ1) is 15.7. The molecule has 0 bridgehead atoms. The Labute approximate surface area is 139 Å². The zero-order chi connectivity index (χ0) is 16.9. The molecule has 0 saturated carbocycles. The number of rotatable bonds is 5. The normalized spacial score (nSPS) is 11.8. The topological polar surface area (TPSA) is 79.9 Å². The molecule has 24 heavy (non-hydrogen) atoms. The molecular formula is C18H18N4O2. The maximum absolute atomic E-state index is 12.2. The van der Waals surface area contributed by atoms with E-state index in [4.69, 9.17) is 4.74 Å². The van der Waals surface area contributed by atoms with Crippen molar-refractivity contribution in [3.05, 3.63) is 60.2 Å². The summed E-state index contributed by atoms with van der Waals surface area (Å²) in [5, 5.41) is 9.53. The second-order valence-electron chi connectivity index (χ2n) is 5.38. The van der Waals surface area contributed by atoms with Gasteiger partial charge in [-0.05, 0) is 31.5 Å². The van der Waals surface area contributed by atoms with E-state index in [1.54, 1.807) is 19.1 Å². The molecule has 0 aliphatic carbocycles. The number of aryl methyl sites for hydroxylation is 1. The van der Waals surface area contributed by atoms with E-state index in [1.807, 2.05) is 49.4 Å². The lowest BCUT2D eigenvalue weighted by atomic mass is 10.1. The monoisotopic (exact) mass is 322 g/mol. The fourth-order valence-electron chi connectivity index (χ4n) is 2.25. The number of benzene rings is 2.